The minimum absolute atomic E-state index is 0.126. The van der Waals surface area contributed by atoms with E-state index in [2.05, 4.69) is 10.3 Å². The van der Waals surface area contributed by atoms with Crippen LogP contribution in [0.1, 0.15) is 11.1 Å². The average molecular weight is 368 g/mol. The Morgan fingerprint density at radius 3 is 2.70 bits per heavy atom. The van der Waals surface area contributed by atoms with Crippen molar-refractivity contribution >= 4 is 10.9 Å². The van der Waals surface area contributed by atoms with Crippen LogP contribution >= 0.6 is 0 Å². The lowest BCUT2D eigenvalue weighted by molar-refractivity contribution is 0.104. The van der Waals surface area contributed by atoms with Crippen molar-refractivity contribution in [2.75, 3.05) is 20.3 Å². The highest BCUT2D eigenvalue weighted by molar-refractivity contribution is 5.79. The molecule has 0 bridgehead atoms. The van der Waals surface area contributed by atoms with Gasteiger partial charge in [0.2, 0.25) is 0 Å². The van der Waals surface area contributed by atoms with E-state index in [0.717, 1.165) is 16.5 Å². The number of aryl methyl sites for hydroxylation is 1. The third-order valence-electron chi connectivity index (χ3n) is 4.27. The first-order chi connectivity index (χ1) is 13.1. The molecule has 0 saturated carbocycles. The van der Waals surface area contributed by atoms with Crippen molar-refractivity contribution in [2.24, 2.45) is 0 Å². The van der Waals surface area contributed by atoms with Gasteiger partial charge in [-0.1, -0.05) is 23.8 Å². The van der Waals surface area contributed by atoms with Gasteiger partial charge in [0.1, 0.15) is 12.7 Å². The van der Waals surface area contributed by atoms with E-state index in [0.29, 0.717) is 30.2 Å². The predicted octanol–water partition coefficient (Wildman–Crippen LogP) is 2.37. The molecule has 3 N–H and O–H groups in total. The molecule has 0 amide bonds. The van der Waals surface area contributed by atoms with Crippen LogP contribution in [0.25, 0.3) is 10.9 Å². The number of para-hydroxylation sites is 2. The quantitative estimate of drug-likeness (QED) is 0.569. The standard InChI is InChI=1S/C21H24N2O4/c1-14-7-8-18-15(9-14)10-16(21(25)23-18)11-22-12-17(24)13-27-20-6-4-3-5-19(20)26-2/h3-10,17,22,24H,11-13H2,1-2H3,(H,23,25). The van der Waals surface area contributed by atoms with Gasteiger partial charge in [-0.3, -0.25) is 4.79 Å². The van der Waals surface area contributed by atoms with E-state index in [9.17, 15) is 9.90 Å². The van der Waals surface area contributed by atoms with E-state index in [-0.39, 0.29) is 12.2 Å². The Morgan fingerprint density at radius 2 is 1.93 bits per heavy atom. The zero-order chi connectivity index (χ0) is 19.2. The number of aromatic amines is 1. The fourth-order valence-electron chi connectivity index (χ4n) is 2.86. The van der Waals surface area contributed by atoms with Crippen molar-refractivity contribution in [2.45, 2.75) is 19.6 Å². The van der Waals surface area contributed by atoms with Gasteiger partial charge in [0, 0.05) is 24.2 Å². The maximum atomic E-state index is 12.2. The Balaban J connectivity index is 1.54. The van der Waals surface area contributed by atoms with Crippen LogP contribution in [0.4, 0.5) is 0 Å². The summed E-state index contributed by atoms with van der Waals surface area (Å²) in [5.41, 5.74) is 2.46. The van der Waals surface area contributed by atoms with E-state index >= 15 is 0 Å². The number of aliphatic hydroxyl groups excluding tert-OH is 1. The molecule has 27 heavy (non-hydrogen) atoms. The zero-order valence-electron chi connectivity index (χ0n) is 15.5. The van der Waals surface area contributed by atoms with Gasteiger partial charge in [-0.25, -0.2) is 0 Å². The van der Waals surface area contributed by atoms with Crippen molar-refractivity contribution in [3.05, 3.63) is 70.0 Å². The molecule has 142 valence electrons. The molecular formula is C21H24N2O4. The molecular weight excluding hydrogens is 344 g/mol. The highest BCUT2D eigenvalue weighted by Gasteiger charge is 2.09. The fraction of sp³-hybridized carbons (Fsp3) is 0.286. The number of methoxy groups -OCH3 is 1. The van der Waals surface area contributed by atoms with Crippen molar-refractivity contribution < 1.29 is 14.6 Å². The number of fused-ring (bicyclic) bond motifs is 1. The number of hydrogen-bond donors (Lipinski definition) is 3. The van der Waals surface area contributed by atoms with Crippen LogP contribution in [-0.2, 0) is 6.54 Å². The summed E-state index contributed by atoms with van der Waals surface area (Å²) in [6.07, 6.45) is -0.711. The molecule has 0 saturated heterocycles. The summed E-state index contributed by atoms with van der Waals surface area (Å²) in [4.78, 5) is 15.1. The number of aliphatic hydroxyl groups is 1. The number of nitrogens with one attached hydrogen (secondary N) is 2. The largest absolute Gasteiger partial charge is 0.493 e. The van der Waals surface area contributed by atoms with Crippen LogP contribution in [0.2, 0.25) is 0 Å². The summed E-state index contributed by atoms with van der Waals surface area (Å²) in [5, 5.41) is 14.2. The number of ether oxygens (including phenoxy) is 2. The van der Waals surface area contributed by atoms with Crippen molar-refractivity contribution in [1.29, 1.82) is 0 Å². The highest BCUT2D eigenvalue weighted by Crippen LogP contribution is 2.25. The van der Waals surface area contributed by atoms with Gasteiger partial charge >= 0.3 is 0 Å². The van der Waals surface area contributed by atoms with Crippen LogP contribution in [0.3, 0.4) is 0 Å². The normalized spacial score (nSPS) is 12.1. The second-order valence-corrected chi connectivity index (χ2v) is 6.46. The maximum Gasteiger partial charge on any atom is 0.252 e. The monoisotopic (exact) mass is 368 g/mol. The van der Waals surface area contributed by atoms with Crippen LogP contribution in [0.15, 0.2) is 53.3 Å². The first-order valence-electron chi connectivity index (χ1n) is 8.84. The van der Waals surface area contributed by atoms with Gasteiger partial charge in [0.15, 0.2) is 11.5 Å². The SMILES string of the molecule is COc1ccccc1OCC(O)CNCc1cc2cc(C)ccc2[nH]c1=O. The fourth-order valence-corrected chi connectivity index (χ4v) is 2.86. The van der Waals surface area contributed by atoms with E-state index in [1.165, 1.54) is 0 Å². The van der Waals surface area contributed by atoms with Gasteiger partial charge < -0.3 is 24.9 Å². The molecule has 1 atom stereocenters. The zero-order valence-corrected chi connectivity index (χ0v) is 15.5. The molecule has 0 fully saturated rings. The molecule has 0 aliphatic carbocycles. The molecule has 0 spiro atoms. The highest BCUT2D eigenvalue weighted by atomic mass is 16.5. The van der Waals surface area contributed by atoms with Gasteiger partial charge in [-0.2, -0.15) is 0 Å². The molecule has 6 heteroatoms. The predicted molar refractivity (Wildman–Crippen MR) is 106 cm³/mol. The summed E-state index contributed by atoms with van der Waals surface area (Å²) < 4.78 is 10.8. The minimum Gasteiger partial charge on any atom is -0.493 e. The molecule has 0 aliphatic rings. The van der Waals surface area contributed by atoms with E-state index < -0.39 is 6.10 Å². The lowest BCUT2D eigenvalue weighted by atomic mass is 10.1. The molecule has 1 aromatic heterocycles. The molecule has 3 rings (SSSR count). The second kappa shape index (κ2) is 8.70. The molecule has 3 aromatic rings. The molecule has 2 aromatic carbocycles. The summed E-state index contributed by atoms with van der Waals surface area (Å²) in [7, 11) is 1.57. The minimum atomic E-state index is -0.711. The van der Waals surface area contributed by atoms with Gasteiger partial charge in [0.25, 0.3) is 5.56 Å². The van der Waals surface area contributed by atoms with Crippen molar-refractivity contribution in [3.8, 4) is 11.5 Å². The third kappa shape index (κ3) is 4.87. The topological polar surface area (TPSA) is 83.6 Å². The Kier molecular flexibility index (Phi) is 6.11. The number of hydrogen-bond acceptors (Lipinski definition) is 5. The lowest BCUT2D eigenvalue weighted by Crippen LogP contribution is -2.32. The van der Waals surface area contributed by atoms with E-state index in [4.69, 9.17) is 9.47 Å². The molecule has 0 aliphatic heterocycles. The smallest absolute Gasteiger partial charge is 0.252 e. The van der Waals surface area contributed by atoms with Crippen LogP contribution in [0, 0.1) is 6.92 Å². The molecule has 6 nitrogen and oxygen atoms in total. The number of rotatable bonds is 8. The molecule has 1 heterocycles. The molecule has 0 radical (unpaired) electrons. The van der Waals surface area contributed by atoms with Crippen LogP contribution < -0.4 is 20.3 Å². The lowest BCUT2D eigenvalue weighted by Gasteiger charge is -2.15. The van der Waals surface area contributed by atoms with Crippen molar-refractivity contribution in [3.63, 3.8) is 0 Å². The first-order valence-corrected chi connectivity index (χ1v) is 8.84. The van der Waals surface area contributed by atoms with Gasteiger partial charge in [-0.15, -0.1) is 0 Å². The van der Waals surface area contributed by atoms with Gasteiger partial charge in [0.05, 0.1) is 7.11 Å². The first kappa shape index (κ1) is 18.9. The van der Waals surface area contributed by atoms with Gasteiger partial charge in [-0.05, 0) is 42.6 Å². The summed E-state index contributed by atoms with van der Waals surface area (Å²) in [6, 6.07) is 15.1. The average Bonchev–Trinajstić information content (AvgIpc) is 2.67. The number of benzene rings is 2. The second-order valence-electron chi connectivity index (χ2n) is 6.46. The summed E-state index contributed by atoms with van der Waals surface area (Å²) in [5.74, 6) is 1.20. The summed E-state index contributed by atoms with van der Waals surface area (Å²) in [6.45, 7) is 2.81. The number of aromatic nitrogens is 1. The Bertz CT molecular complexity index is 968. The third-order valence-corrected chi connectivity index (χ3v) is 4.27. The Labute approximate surface area is 157 Å². The summed E-state index contributed by atoms with van der Waals surface area (Å²) >= 11 is 0. The Hall–Kier alpha value is -2.83. The Morgan fingerprint density at radius 1 is 1.15 bits per heavy atom. The maximum absolute atomic E-state index is 12.2. The van der Waals surface area contributed by atoms with Crippen LogP contribution in [-0.4, -0.2) is 36.5 Å². The number of pyridine rings is 1. The van der Waals surface area contributed by atoms with Crippen LogP contribution in [0.5, 0.6) is 11.5 Å². The number of H-pyrrole nitrogens is 1. The van der Waals surface area contributed by atoms with E-state index in [1.54, 1.807) is 19.2 Å². The van der Waals surface area contributed by atoms with E-state index in [1.807, 2.05) is 43.3 Å². The molecule has 1 unspecified atom stereocenters. The van der Waals surface area contributed by atoms with Crippen molar-refractivity contribution in [1.82, 2.24) is 10.3 Å².